The van der Waals surface area contributed by atoms with Gasteiger partial charge in [-0.3, -0.25) is 0 Å². The number of pyridine rings is 1. The fraction of sp³-hybridized carbons (Fsp3) is 0.906. The highest BCUT2D eigenvalue weighted by Crippen LogP contribution is 2.18. The van der Waals surface area contributed by atoms with Crippen LogP contribution in [0.3, 0.4) is 0 Å². The summed E-state index contributed by atoms with van der Waals surface area (Å²) in [7, 11) is 0. The molecule has 0 unspecified atom stereocenters. The van der Waals surface area contributed by atoms with Gasteiger partial charge >= 0.3 is 0 Å². The molecule has 1 nitrogen and oxygen atoms in total. The Labute approximate surface area is 342 Å². The molecule has 1 aromatic heterocycles. The van der Waals surface area contributed by atoms with Crippen molar-refractivity contribution >= 4 is 0 Å². The van der Waals surface area contributed by atoms with Crippen LogP contribution in [0.15, 0.2) is 18.5 Å². The molecule has 0 bridgehead atoms. The summed E-state index contributed by atoms with van der Waals surface area (Å²) in [5.41, 5.74) is 3.22. The summed E-state index contributed by atoms with van der Waals surface area (Å²) in [6, 6.07) is 2.59. The van der Waals surface area contributed by atoms with Crippen molar-refractivity contribution in [2.24, 2.45) is 0 Å². The molecule has 0 saturated heterocycles. The Morgan fingerprint density at radius 1 is 0.259 bits per heavy atom. The topological polar surface area (TPSA) is 3.88 Å². The van der Waals surface area contributed by atoms with Crippen molar-refractivity contribution in [3.05, 3.63) is 29.6 Å². The molecule has 0 amide bonds. The van der Waals surface area contributed by atoms with Gasteiger partial charge in [0, 0.05) is 17.5 Å². The fourth-order valence-corrected chi connectivity index (χ4v) is 8.71. The van der Waals surface area contributed by atoms with Crippen LogP contribution < -0.4 is 4.57 Å². The Kier molecular flexibility index (Phi) is 41.0. The lowest BCUT2D eigenvalue weighted by atomic mass is 10.0. The molecule has 0 fully saturated rings. The first-order valence-electron chi connectivity index (χ1n) is 25.8. The van der Waals surface area contributed by atoms with Gasteiger partial charge in [-0.1, -0.05) is 265 Å². The molecule has 0 aliphatic heterocycles. The lowest BCUT2D eigenvalue weighted by Crippen LogP contribution is -2.34. The zero-order chi connectivity index (χ0) is 38.7. The molecule has 1 heteroatoms. The van der Waals surface area contributed by atoms with E-state index >= 15 is 0 Å². The van der Waals surface area contributed by atoms with Crippen LogP contribution in [0, 0.1) is 0 Å². The van der Waals surface area contributed by atoms with E-state index in [9.17, 15) is 0 Å². The molecule has 1 heterocycles. The Morgan fingerprint density at radius 3 is 0.704 bits per heavy atom. The van der Waals surface area contributed by atoms with Crippen LogP contribution in [-0.4, -0.2) is 0 Å². The van der Waals surface area contributed by atoms with E-state index in [1.54, 1.807) is 11.1 Å². The quantitative estimate of drug-likeness (QED) is 0.0461. The van der Waals surface area contributed by atoms with Gasteiger partial charge in [0.2, 0.25) is 0 Å². The van der Waals surface area contributed by atoms with Crippen LogP contribution in [0.4, 0.5) is 0 Å². The van der Waals surface area contributed by atoms with Gasteiger partial charge in [-0.05, 0) is 38.2 Å². The second kappa shape index (κ2) is 43.3. The first-order valence-corrected chi connectivity index (χ1v) is 25.8. The van der Waals surface area contributed by atoms with Crippen molar-refractivity contribution in [2.45, 2.75) is 310 Å². The van der Waals surface area contributed by atoms with Gasteiger partial charge in [0.15, 0.2) is 12.4 Å². The largest absolute Gasteiger partial charge is 0.205 e. The first kappa shape index (κ1) is 51.2. The van der Waals surface area contributed by atoms with Gasteiger partial charge in [-0.25, -0.2) is 4.57 Å². The van der Waals surface area contributed by atoms with E-state index in [0.29, 0.717) is 0 Å². The summed E-state index contributed by atoms with van der Waals surface area (Å²) in [6.45, 7) is 8.17. The van der Waals surface area contributed by atoms with Crippen LogP contribution >= 0.6 is 0 Å². The van der Waals surface area contributed by atoms with E-state index in [1.165, 1.54) is 289 Å². The van der Waals surface area contributed by atoms with E-state index in [4.69, 9.17) is 0 Å². The molecule has 1 aromatic rings. The number of rotatable bonds is 45. The zero-order valence-electron chi connectivity index (χ0n) is 38.0. The van der Waals surface area contributed by atoms with Crippen molar-refractivity contribution in [1.82, 2.24) is 0 Å². The molecular formula is C53H102N+. The van der Waals surface area contributed by atoms with Crippen molar-refractivity contribution in [3.63, 3.8) is 0 Å². The third-order valence-corrected chi connectivity index (χ3v) is 12.4. The van der Waals surface area contributed by atoms with Crippen LogP contribution in [-0.2, 0) is 19.4 Å². The second-order valence-corrected chi connectivity index (χ2v) is 18.1. The fourth-order valence-electron chi connectivity index (χ4n) is 8.71. The van der Waals surface area contributed by atoms with Crippen molar-refractivity contribution in [1.29, 1.82) is 0 Å². The van der Waals surface area contributed by atoms with Crippen molar-refractivity contribution in [3.8, 4) is 0 Å². The van der Waals surface area contributed by atoms with Crippen molar-refractivity contribution in [2.75, 3.05) is 0 Å². The molecule has 0 saturated carbocycles. The van der Waals surface area contributed by atoms with Crippen LogP contribution in [0.5, 0.6) is 0 Å². The van der Waals surface area contributed by atoms with Gasteiger partial charge in [0.05, 0.1) is 0 Å². The molecule has 0 aliphatic carbocycles. The Balaban J connectivity index is 2.21. The summed E-state index contributed by atoms with van der Waals surface area (Å²) < 4.78 is 2.59. The number of hydrogen-bond donors (Lipinski definition) is 0. The monoisotopic (exact) mass is 753 g/mol. The highest BCUT2D eigenvalue weighted by molar-refractivity contribution is 5.15. The predicted octanol–water partition coefficient (Wildman–Crippen LogP) is 18.5. The van der Waals surface area contributed by atoms with E-state index in [2.05, 4.69) is 43.8 Å². The molecule has 54 heavy (non-hydrogen) atoms. The molecule has 0 N–H and O–H groups in total. The van der Waals surface area contributed by atoms with Gasteiger partial charge in [0.25, 0.3) is 0 Å². The normalized spacial score (nSPS) is 11.6. The minimum Gasteiger partial charge on any atom is -0.205 e. The third-order valence-electron chi connectivity index (χ3n) is 12.4. The molecular weight excluding hydrogens is 651 g/mol. The van der Waals surface area contributed by atoms with Gasteiger partial charge < -0.3 is 0 Å². The average molecular weight is 753 g/mol. The highest BCUT2D eigenvalue weighted by Gasteiger charge is 2.09. The number of aromatic nitrogens is 1. The van der Waals surface area contributed by atoms with E-state index in [1.807, 2.05) is 0 Å². The Morgan fingerprint density at radius 2 is 0.463 bits per heavy atom. The minimum absolute atomic E-state index is 1.22. The Hall–Kier alpha value is -0.850. The summed E-state index contributed by atoms with van der Waals surface area (Å²) >= 11 is 0. The summed E-state index contributed by atoms with van der Waals surface area (Å²) in [5, 5.41) is 0. The van der Waals surface area contributed by atoms with E-state index in [-0.39, 0.29) is 0 Å². The van der Waals surface area contributed by atoms with Gasteiger partial charge in [0.1, 0.15) is 6.54 Å². The van der Waals surface area contributed by atoms with Crippen LogP contribution in [0.2, 0.25) is 0 Å². The second-order valence-electron chi connectivity index (χ2n) is 18.1. The van der Waals surface area contributed by atoms with Gasteiger partial charge in [-0.15, -0.1) is 0 Å². The number of unbranched alkanes of at least 4 members (excludes halogenated alkanes) is 39. The number of hydrogen-bond acceptors (Lipinski definition) is 0. The first-order chi connectivity index (χ1) is 26.8. The standard InChI is InChI=1S/C53H102N/c1-4-7-10-13-16-19-21-23-25-27-29-31-33-35-37-40-43-46-52-49-53(51-54(50-52)48-45-42-39-18-15-12-9-6-3)47-44-41-38-36-34-32-30-28-26-24-22-20-17-14-11-8-5-2/h49-51H,4-48H2,1-3H3/q+1. The third kappa shape index (κ3) is 36.8. The lowest BCUT2D eigenvalue weighted by molar-refractivity contribution is -0.698. The maximum atomic E-state index is 2.59. The predicted molar refractivity (Wildman–Crippen MR) is 245 cm³/mol. The van der Waals surface area contributed by atoms with Crippen molar-refractivity contribution < 1.29 is 4.57 Å². The molecule has 1 rings (SSSR count). The molecule has 0 spiro atoms. The highest BCUT2D eigenvalue weighted by atomic mass is 14.9. The zero-order valence-corrected chi connectivity index (χ0v) is 38.0. The smallest absolute Gasteiger partial charge is 0.171 e. The van der Waals surface area contributed by atoms with Crippen LogP contribution in [0.25, 0.3) is 0 Å². The van der Waals surface area contributed by atoms with Crippen LogP contribution in [0.1, 0.15) is 302 Å². The molecule has 0 atom stereocenters. The summed E-state index contributed by atoms with van der Waals surface area (Å²) in [4.78, 5) is 0. The molecule has 0 aliphatic rings. The average Bonchev–Trinajstić information content (AvgIpc) is 3.18. The SMILES string of the molecule is CCCCCCCCCCCCCCCCCCCc1cc(CCCCCCCCCCCCCCCCCCC)c[n+](CCCCCCCCCC)c1. The number of nitrogens with zero attached hydrogens (tertiary/aromatic N) is 1. The van der Waals surface area contributed by atoms with Gasteiger partial charge in [-0.2, -0.15) is 0 Å². The number of aryl methyl sites for hydroxylation is 3. The molecule has 318 valence electrons. The van der Waals surface area contributed by atoms with E-state index < -0.39 is 0 Å². The molecule has 0 aromatic carbocycles. The Bertz CT molecular complexity index is 787. The lowest BCUT2D eigenvalue weighted by Gasteiger charge is -2.07. The minimum atomic E-state index is 1.22. The maximum absolute atomic E-state index is 2.59. The summed E-state index contributed by atoms with van der Waals surface area (Å²) in [6.07, 6.45) is 68.3. The summed E-state index contributed by atoms with van der Waals surface area (Å²) in [5.74, 6) is 0. The van der Waals surface area contributed by atoms with E-state index in [0.717, 1.165) is 0 Å². The maximum Gasteiger partial charge on any atom is 0.171 e. The molecule has 0 radical (unpaired) electrons.